The molecule has 0 aliphatic rings. The van der Waals surface area contributed by atoms with E-state index in [-0.39, 0.29) is 10.5 Å². The molecule has 0 bridgehead atoms. The zero-order chi connectivity index (χ0) is 19.5. The predicted molar refractivity (Wildman–Crippen MR) is 99.2 cm³/mol. The topological polar surface area (TPSA) is 89.5 Å². The SMILES string of the molecule is Cc1ccc(Cl)cc1NC(=O)C(C)OC(=O)c1ccccc1S(C)(=O)=O. The van der Waals surface area contributed by atoms with Crippen molar-refractivity contribution in [1.82, 2.24) is 0 Å². The molecule has 0 radical (unpaired) electrons. The number of hydrogen-bond acceptors (Lipinski definition) is 5. The number of ether oxygens (including phenoxy) is 1. The highest BCUT2D eigenvalue weighted by atomic mass is 35.5. The number of carbonyl (C=O) groups excluding carboxylic acids is 2. The van der Waals surface area contributed by atoms with Crippen LogP contribution in [0.4, 0.5) is 5.69 Å². The largest absolute Gasteiger partial charge is 0.449 e. The van der Waals surface area contributed by atoms with E-state index in [1.807, 2.05) is 0 Å². The number of rotatable bonds is 5. The molecule has 0 saturated heterocycles. The zero-order valence-electron chi connectivity index (χ0n) is 14.4. The van der Waals surface area contributed by atoms with E-state index in [9.17, 15) is 18.0 Å². The van der Waals surface area contributed by atoms with Crippen LogP contribution in [-0.2, 0) is 19.4 Å². The van der Waals surface area contributed by atoms with Crippen LogP contribution in [0.1, 0.15) is 22.8 Å². The quantitative estimate of drug-likeness (QED) is 0.785. The molecule has 8 heteroatoms. The van der Waals surface area contributed by atoms with Gasteiger partial charge in [-0.1, -0.05) is 29.8 Å². The Morgan fingerprint density at radius 2 is 1.81 bits per heavy atom. The fourth-order valence-corrected chi connectivity index (χ4v) is 3.25. The molecule has 0 saturated carbocycles. The van der Waals surface area contributed by atoms with Crippen molar-refractivity contribution in [2.75, 3.05) is 11.6 Å². The summed E-state index contributed by atoms with van der Waals surface area (Å²) < 4.78 is 28.7. The van der Waals surface area contributed by atoms with Crippen molar-refractivity contribution in [1.29, 1.82) is 0 Å². The number of halogens is 1. The Bertz CT molecular complexity index is 956. The normalized spacial score (nSPS) is 12.3. The number of aryl methyl sites for hydroxylation is 1. The van der Waals surface area contributed by atoms with Gasteiger partial charge < -0.3 is 10.1 Å². The maximum atomic E-state index is 12.3. The first-order valence-corrected chi connectivity index (χ1v) is 9.93. The van der Waals surface area contributed by atoms with Crippen LogP contribution in [0.15, 0.2) is 47.4 Å². The van der Waals surface area contributed by atoms with Crippen LogP contribution in [0.3, 0.4) is 0 Å². The number of nitrogens with one attached hydrogen (secondary N) is 1. The molecule has 2 aromatic rings. The first-order valence-electron chi connectivity index (χ1n) is 7.66. The lowest BCUT2D eigenvalue weighted by atomic mass is 10.2. The van der Waals surface area contributed by atoms with E-state index in [1.165, 1.54) is 31.2 Å². The standard InChI is InChI=1S/C18H18ClNO5S/c1-11-8-9-13(19)10-15(11)20-17(21)12(2)25-18(22)14-6-4-5-7-16(14)26(3,23)24/h4-10,12H,1-3H3,(H,20,21). The minimum Gasteiger partial charge on any atom is -0.449 e. The molecule has 1 N–H and O–H groups in total. The summed E-state index contributed by atoms with van der Waals surface area (Å²) in [5.41, 5.74) is 1.18. The van der Waals surface area contributed by atoms with Crippen LogP contribution in [0.2, 0.25) is 5.02 Å². The first kappa shape index (κ1) is 19.9. The molecule has 0 aromatic heterocycles. The van der Waals surface area contributed by atoms with Crippen LogP contribution in [0.25, 0.3) is 0 Å². The van der Waals surface area contributed by atoms with E-state index in [4.69, 9.17) is 16.3 Å². The number of sulfone groups is 1. The lowest BCUT2D eigenvalue weighted by molar-refractivity contribution is -0.123. The van der Waals surface area contributed by atoms with Crippen molar-refractivity contribution in [3.63, 3.8) is 0 Å². The second-order valence-corrected chi connectivity index (χ2v) is 8.18. The van der Waals surface area contributed by atoms with Gasteiger partial charge >= 0.3 is 5.97 Å². The molecule has 26 heavy (non-hydrogen) atoms. The van der Waals surface area contributed by atoms with Crippen molar-refractivity contribution in [3.8, 4) is 0 Å². The minimum atomic E-state index is -3.61. The van der Waals surface area contributed by atoms with Crippen molar-refractivity contribution in [2.24, 2.45) is 0 Å². The Morgan fingerprint density at radius 3 is 2.46 bits per heavy atom. The van der Waals surface area contributed by atoms with Crippen LogP contribution >= 0.6 is 11.6 Å². The van der Waals surface area contributed by atoms with Crippen LogP contribution in [0, 0.1) is 6.92 Å². The lowest BCUT2D eigenvalue weighted by Gasteiger charge is -2.15. The summed E-state index contributed by atoms with van der Waals surface area (Å²) in [5, 5.41) is 3.09. The molecule has 1 unspecified atom stereocenters. The number of benzene rings is 2. The maximum Gasteiger partial charge on any atom is 0.340 e. The smallest absolute Gasteiger partial charge is 0.340 e. The summed E-state index contributed by atoms with van der Waals surface area (Å²) >= 11 is 5.91. The fraction of sp³-hybridized carbons (Fsp3) is 0.222. The Hall–Kier alpha value is -2.38. The Kier molecular flexibility index (Phi) is 6.05. The number of esters is 1. The fourth-order valence-electron chi connectivity index (χ4n) is 2.20. The number of anilines is 1. The van der Waals surface area contributed by atoms with Gasteiger partial charge in [0.15, 0.2) is 15.9 Å². The van der Waals surface area contributed by atoms with E-state index < -0.39 is 27.8 Å². The van der Waals surface area contributed by atoms with E-state index in [0.29, 0.717) is 10.7 Å². The summed E-state index contributed by atoms with van der Waals surface area (Å²) in [6.45, 7) is 3.20. The van der Waals surface area contributed by atoms with E-state index in [1.54, 1.807) is 25.1 Å². The summed E-state index contributed by atoms with van der Waals surface area (Å²) in [4.78, 5) is 24.4. The number of hydrogen-bond donors (Lipinski definition) is 1. The average Bonchev–Trinajstić information content (AvgIpc) is 2.57. The lowest BCUT2D eigenvalue weighted by Crippen LogP contribution is -2.30. The molecule has 0 spiro atoms. The maximum absolute atomic E-state index is 12.3. The molecular weight excluding hydrogens is 378 g/mol. The van der Waals surface area contributed by atoms with Crippen molar-refractivity contribution in [2.45, 2.75) is 24.8 Å². The van der Waals surface area contributed by atoms with Gasteiger partial charge in [0, 0.05) is 17.0 Å². The second kappa shape index (κ2) is 7.88. The van der Waals surface area contributed by atoms with Crippen molar-refractivity contribution >= 4 is 39.0 Å². The minimum absolute atomic E-state index is 0.117. The van der Waals surface area contributed by atoms with Crippen LogP contribution < -0.4 is 5.32 Å². The van der Waals surface area contributed by atoms with Crippen molar-refractivity contribution < 1.29 is 22.7 Å². The molecule has 2 rings (SSSR count). The van der Waals surface area contributed by atoms with Gasteiger partial charge in [-0.15, -0.1) is 0 Å². The van der Waals surface area contributed by atoms with Crippen molar-refractivity contribution in [3.05, 3.63) is 58.6 Å². The summed E-state index contributed by atoms with van der Waals surface area (Å²) in [6.07, 6.45) is -0.134. The molecule has 1 atom stereocenters. The Morgan fingerprint density at radius 1 is 1.15 bits per heavy atom. The average molecular weight is 396 g/mol. The molecule has 0 aliphatic carbocycles. The molecular formula is C18H18ClNO5S. The van der Waals surface area contributed by atoms with E-state index >= 15 is 0 Å². The van der Waals surface area contributed by atoms with Gasteiger partial charge in [-0.25, -0.2) is 13.2 Å². The number of amides is 1. The monoisotopic (exact) mass is 395 g/mol. The van der Waals surface area contributed by atoms with Gasteiger partial charge in [-0.2, -0.15) is 0 Å². The van der Waals surface area contributed by atoms with Gasteiger partial charge in [0.25, 0.3) is 5.91 Å². The molecule has 0 heterocycles. The number of carbonyl (C=O) groups is 2. The van der Waals surface area contributed by atoms with Gasteiger partial charge in [0.1, 0.15) is 0 Å². The van der Waals surface area contributed by atoms with Crippen LogP contribution in [-0.4, -0.2) is 32.7 Å². The van der Waals surface area contributed by atoms with Gasteiger partial charge in [-0.05, 0) is 43.7 Å². The molecule has 6 nitrogen and oxygen atoms in total. The van der Waals surface area contributed by atoms with Gasteiger partial charge in [-0.3, -0.25) is 4.79 Å². The Labute approximate surface area is 157 Å². The molecule has 0 fully saturated rings. The predicted octanol–water partition coefficient (Wildman–Crippen LogP) is 3.24. The molecule has 138 valence electrons. The molecule has 1 amide bonds. The van der Waals surface area contributed by atoms with E-state index in [2.05, 4.69) is 5.32 Å². The first-order chi connectivity index (χ1) is 12.1. The summed E-state index contributed by atoms with van der Waals surface area (Å²) in [5.74, 6) is -1.45. The third kappa shape index (κ3) is 4.83. The summed E-state index contributed by atoms with van der Waals surface area (Å²) in [7, 11) is -3.61. The third-order valence-corrected chi connectivity index (χ3v) is 5.01. The van der Waals surface area contributed by atoms with Gasteiger partial charge in [0.05, 0.1) is 10.5 Å². The van der Waals surface area contributed by atoms with E-state index in [0.717, 1.165) is 11.8 Å². The van der Waals surface area contributed by atoms with Gasteiger partial charge in [0.2, 0.25) is 0 Å². The Balaban J connectivity index is 2.15. The molecule has 0 aliphatic heterocycles. The highest BCUT2D eigenvalue weighted by Crippen LogP contribution is 2.21. The van der Waals surface area contributed by atoms with Crippen LogP contribution in [0.5, 0.6) is 0 Å². The zero-order valence-corrected chi connectivity index (χ0v) is 16.0. The molecule has 2 aromatic carbocycles. The highest BCUT2D eigenvalue weighted by Gasteiger charge is 2.24. The second-order valence-electron chi connectivity index (χ2n) is 5.76. The summed E-state index contributed by atoms with van der Waals surface area (Å²) in [6, 6.07) is 10.7. The third-order valence-electron chi connectivity index (χ3n) is 3.62. The highest BCUT2D eigenvalue weighted by molar-refractivity contribution is 7.90.